The van der Waals surface area contributed by atoms with E-state index in [0.29, 0.717) is 0 Å². The van der Waals surface area contributed by atoms with Gasteiger partial charge in [0, 0.05) is 12.5 Å². The molecule has 0 aromatic heterocycles. The van der Waals surface area contributed by atoms with Gasteiger partial charge in [0.2, 0.25) is 0 Å². The lowest BCUT2D eigenvalue weighted by atomic mass is 9.83. The Hall–Kier alpha value is -1.06. The number of hydrogen-bond acceptors (Lipinski definition) is 3. The fraction of sp³-hybridized carbons (Fsp3) is 0.571. The zero-order valence-electron chi connectivity index (χ0n) is 11.4. The topological polar surface area (TPSA) is 32.7 Å². The largest absolute Gasteiger partial charge is 0.497 e. The van der Waals surface area contributed by atoms with Crippen molar-refractivity contribution in [2.24, 2.45) is 5.92 Å². The van der Waals surface area contributed by atoms with Gasteiger partial charge in [0.05, 0.1) is 12.7 Å². The predicted octanol–water partition coefficient (Wildman–Crippen LogP) is 2.10. The Balaban J connectivity index is 2.94. The maximum atomic E-state index is 10.6. The first-order valence-corrected chi connectivity index (χ1v) is 5.89. The van der Waals surface area contributed by atoms with Crippen molar-refractivity contribution < 1.29 is 9.84 Å². The molecule has 0 heterocycles. The van der Waals surface area contributed by atoms with E-state index in [2.05, 4.69) is 11.8 Å². The van der Waals surface area contributed by atoms with Crippen molar-refractivity contribution in [1.82, 2.24) is 4.90 Å². The summed E-state index contributed by atoms with van der Waals surface area (Å²) in [5.41, 5.74) is 0.0462. The van der Waals surface area contributed by atoms with Gasteiger partial charge in [-0.2, -0.15) is 0 Å². The zero-order chi connectivity index (χ0) is 13.1. The summed E-state index contributed by atoms with van der Waals surface area (Å²) in [4.78, 5) is 2.08. The molecule has 96 valence electrons. The van der Waals surface area contributed by atoms with E-state index in [1.165, 1.54) is 0 Å². The number of rotatable bonds is 5. The van der Waals surface area contributed by atoms with Crippen LogP contribution in [0.15, 0.2) is 24.3 Å². The zero-order valence-corrected chi connectivity index (χ0v) is 11.4. The summed E-state index contributed by atoms with van der Waals surface area (Å²) in [5, 5.41) is 10.6. The second kappa shape index (κ2) is 5.52. The Bertz CT molecular complexity index is 361. The SMILES string of the molecule is COc1cccc(C(C)(O)C(C)CN(C)C)c1. The monoisotopic (exact) mass is 237 g/mol. The third-order valence-corrected chi connectivity index (χ3v) is 3.25. The Labute approximate surface area is 104 Å². The molecule has 0 aliphatic rings. The lowest BCUT2D eigenvalue weighted by Crippen LogP contribution is -2.36. The smallest absolute Gasteiger partial charge is 0.119 e. The summed E-state index contributed by atoms with van der Waals surface area (Å²) >= 11 is 0. The highest BCUT2D eigenvalue weighted by atomic mass is 16.5. The second-order valence-electron chi connectivity index (χ2n) is 5.04. The van der Waals surface area contributed by atoms with Gasteiger partial charge < -0.3 is 14.7 Å². The maximum Gasteiger partial charge on any atom is 0.119 e. The van der Waals surface area contributed by atoms with E-state index in [1.807, 2.05) is 45.3 Å². The average molecular weight is 237 g/mol. The van der Waals surface area contributed by atoms with Gasteiger partial charge in [0.1, 0.15) is 5.75 Å². The van der Waals surface area contributed by atoms with Crippen molar-refractivity contribution in [1.29, 1.82) is 0 Å². The van der Waals surface area contributed by atoms with Crippen molar-refractivity contribution in [2.75, 3.05) is 27.7 Å². The van der Waals surface area contributed by atoms with Crippen LogP contribution in [-0.2, 0) is 5.60 Å². The van der Waals surface area contributed by atoms with E-state index in [9.17, 15) is 5.11 Å². The van der Waals surface area contributed by atoms with Crippen LogP contribution in [0.3, 0.4) is 0 Å². The van der Waals surface area contributed by atoms with Crippen LogP contribution in [0, 0.1) is 5.92 Å². The molecule has 0 radical (unpaired) electrons. The molecule has 0 amide bonds. The first-order valence-electron chi connectivity index (χ1n) is 5.89. The van der Waals surface area contributed by atoms with Gasteiger partial charge >= 0.3 is 0 Å². The molecule has 1 N–H and O–H groups in total. The fourth-order valence-electron chi connectivity index (χ4n) is 1.95. The third kappa shape index (κ3) is 3.45. The Morgan fingerprint density at radius 3 is 2.59 bits per heavy atom. The van der Waals surface area contributed by atoms with Gasteiger partial charge in [-0.3, -0.25) is 0 Å². The summed E-state index contributed by atoms with van der Waals surface area (Å²) < 4.78 is 5.19. The van der Waals surface area contributed by atoms with E-state index in [1.54, 1.807) is 7.11 Å². The van der Waals surface area contributed by atoms with Crippen LogP contribution < -0.4 is 4.74 Å². The molecule has 2 atom stereocenters. The molecule has 1 rings (SSSR count). The minimum absolute atomic E-state index is 0.143. The van der Waals surface area contributed by atoms with Gasteiger partial charge in [-0.15, -0.1) is 0 Å². The minimum atomic E-state index is -0.848. The first-order chi connectivity index (χ1) is 7.87. The highest BCUT2D eigenvalue weighted by molar-refractivity contribution is 5.32. The highest BCUT2D eigenvalue weighted by Gasteiger charge is 2.30. The molecule has 0 saturated carbocycles. The molecule has 3 nitrogen and oxygen atoms in total. The summed E-state index contributed by atoms with van der Waals surface area (Å²) in [6.07, 6.45) is 0. The van der Waals surface area contributed by atoms with Gasteiger partial charge in [-0.1, -0.05) is 19.1 Å². The molecular weight excluding hydrogens is 214 g/mol. The highest BCUT2D eigenvalue weighted by Crippen LogP contribution is 2.31. The molecule has 0 spiro atoms. The van der Waals surface area contributed by atoms with Crippen LogP contribution in [-0.4, -0.2) is 37.8 Å². The second-order valence-corrected chi connectivity index (χ2v) is 5.04. The fourth-order valence-corrected chi connectivity index (χ4v) is 1.95. The number of aliphatic hydroxyl groups is 1. The standard InChI is InChI=1S/C14H23NO2/c1-11(10-15(3)4)14(2,16)12-7-6-8-13(9-12)17-5/h6-9,11,16H,10H2,1-5H3. The lowest BCUT2D eigenvalue weighted by molar-refractivity contribution is -0.00792. The van der Waals surface area contributed by atoms with Crippen molar-refractivity contribution in [3.63, 3.8) is 0 Å². The van der Waals surface area contributed by atoms with E-state index >= 15 is 0 Å². The molecule has 0 aliphatic heterocycles. The Kier molecular flexibility index (Phi) is 4.54. The molecule has 17 heavy (non-hydrogen) atoms. The summed E-state index contributed by atoms with van der Waals surface area (Å²) in [6.45, 7) is 4.75. The molecular formula is C14H23NO2. The van der Waals surface area contributed by atoms with Gasteiger partial charge in [-0.05, 0) is 38.7 Å². The Morgan fingerprint density at radius 1 is 1.41 bits per heavy atom. The maximum absolute atomic E-state index is 10.6. The normalized spacial score (nSPS) is 16.6. The van der Waals surface area contributed by atoms with E-state index < -0.39 is 5.60 Å². The molecule has 0 fully saturated rings. The number of benzene rings is 1. The summed E-state index contributed by atoms with van der Waals surface area (Å²) in [5.74, 6) is 0.921. The van der Waals surface area contributed by atoms with Gasteiger partial charge in [0.25, 0.3) is 0 Å². The van der Waals surface area contributed by atoms with Crippen LogP contribution in [0.25, 0.3) is 0 Å². The number of hydrogen-bond donors (Lipinski definition) is 1. The van der Waals surface area contributed by atoms with Crippen LogP contribution in [0.2, 0.25) is 0 Å². The minimum Gasteiger partial charge on any atom is -0.497 e. The molecule has 2 unspecified atom stereocenters. The summed E-state index contributed by atoms with van der Waals surface area (Å²) in [6, 6.07) is 7.63. The van der Waals surface area contributed by atoms with Crippen molar-refractivity contribution >= 4 is 0 Å². The van der Waals surface area contributed by atoms with E-state index in [-0.39, 0.29) is 5.92 Å². The van der Waals surface area contributed by atoms with Crippen LogP contribution >= 0.6 is 0 Å². The van der Waals surface area contributed by atoms with Gasteiger partial charge in [-0.25, -0.2) is 0 Å². The van der Waals surface area contributed by atoms with E-state index in [0.717, 1.165) is 17.9 Å². The lowest BCUT2D eigenvalue weighted by Gasteiger charge is -2.32. The molecule has 0 saturated heterocycles. The quantitative estimate of drug-likeness (QED) is 0.851. The van der Waals surface area contributed by atoms with Crippen LogP contribution in [0.1, 0.15) is 19.4 Å². The number of ether oxygens (including phenoxy) is 1. The van der Waals surface area contributed by atoms with Crippen molar-refractivity contribution in [3.8, 4) is 5.75 Å². The number of nitrogens with zero attached hydrogens (tertiary/aromatic N) is 1. The molecule has 1 aromatic carbocycles. The molecule has 3 heteroatoms. The van der Waals surface area contributed by atoms with E-state index in [4.69, 9.17) is 4.74 Å². The number of methoxy groups -OCH3 is 1. The van der Waals surface area contributed by atoms with Crippen LogP contribution in [0.4, 0.5) is 0 Å². The van der Waals surface area contributed by atoms with Gasteiger partial charge in [0.15, 0.2) is 0 Å². The predicted molar refractivity (Wildman–Crippen MR) is 70.3 cm³/mol. The molecule has 0 bridgehead atoms. The Morgan fingerprint density at radius 2 is 2.06 bits per heavy atom. The summed E-state index contributed by atoms with van der Waals surface area (Å²) in [7, 11) is 5.66. The average Bonchev–Trinajstić information content (AvgIpc) is 2.28. The van der Waals surface area contributed by atoms with Crippen LogP contribution in [0.5, 0.6) is 5.75 Å². The molecule has 1 aromatic rings. The molecule has 0 aliphatic carbocycles. The van der Waals surface area contributed by atoms with Crippen molar-refractivity contribution in [3.05, 3.63) is 29.8 Å². The first kappa shape index (κ1) is 14.0. The third-order valence-electron chi connectivity index (χ3n) is 3.25. The van der Waals surface area contributed by atoms with Crippen molar-refractivity contribution in [2.45, 2.75) is 19.4 Å².